The second-order valence-corrected chi connectivity index (χ2v) is 8.00. The smallest absolute Gasteiger partial charge is 0.295 e. The van der Waals surface area contributed by atoms with Crippen molar-refractivity contribution in [3.8, 4) is 0 Å². The fraction of sp³-hybridized carbons (Fsp3) is 0.348. The lowest BCUT2D eigenvalue weighted by molar-refractivity contribution is -0.140. The van der Waals surface area contributed by atoms with Crippen LogP contribution >= 0.6 is 11.6 Å². The van der Waals surface area contributed by atoms with Crippen molar-refractivity contribution in [3.63, 3.8) is 0 Å². The van der Waals surface area contributed by atoms with E-state index in [-0.39, 0.29) is 11.3 Å². The van der Waals surface area contributed by atoms with Crippen LogP contribution in [0.25, 0.3) is 5.76 Å². The molecular weight excluding hydrogens is 418 g/mol. The number of hydrogen-bond acceptors (Lipinski definition) is 6. The average molecular weight is 442 g/mol. The molecule has 1 atom stereocenters. The van der Waals surface area contributed by atoms with Gasteiger partial charge in [0.1, 0.15) is 11.8 Å². The second-order valence-electron chi connectivity index (χ2n) is 7.56. The molecule has 0 bridgehead atoms. The van der Waals surface area contributed by atoms with Gasteiger partial charge in [-0.15, -0.1) is 0 Å². The van der Waals surface area contributed by atoms with Gasteiger partial charge in [-0.25, -0.2) is 0 Å². The van der Waals surface area contributed by atoms with Crippen LogP contribution in [0.1, 0.15) is 23.7 Å². The van der Waals surface area contributed by atoms with Gasteiger partial charge in [-0.05, 0) is 42.8 Å². The van der Waals surface area contributed by atoms with E-state index in [1.807, 2.05) is 0 Å². The Morgan fingerprint density at radius 2 is 1.84 bits per heavy atom. The highest BCUT2D eigenvalue weighted by Crippen LogP contribution is 2.38. The van der Waals surface area contributed by atoms with Gasteiger partial charge in [-0.3, -0.25) is 19.5 Å². The number of morpholine rings is 1. The molecule has 31 heavy (non-hydrogen) atoms. The van der Waals surface area contributed by atoms with Crippen LogP contribution in [0, 0.1) is 0 Å². The van der Waals surface area contributed by atoms with Gasteiger partial charge >= 0.3 is 0 Å². The number of nitrogens with zero attached hydrogens (tertiary/aromatic N) is 3. The van der Waals surface area contributed by atoms with Gasteiger partial charge in [0.25, 0.3) is 11.7 Å². The molecule has 7 nitrogen and oxygen atoms in total. The zero-order valence-corrected chi connectivity index (χ0v) is 17.8. The van der Waals surface area contributed by atoms with Crippen molar-refractivity contribution in [2.45, 2.75) is 12.5 Å². The van der Waals surface area contributed by atoms with Gasteiger partial charge in [0.2, 0.25) is 0 Å². The number of aromatic nitrogens is 1. The number of carbonyl (C=O) groups is 2. The number of ketones is 1. The fourth-order valence-electron chi connectivity index (χ4n) is 4.01. The Morgan fingerprint density at radius 3 is 2.52 bits per heavy atom. The van der Waals surface area contributed by atoms with Crippen molar-refractivity contribution in [3.05, 3.63) is 70.5 Å². The van der Waals surface area contributed by atoms with Crippen LogP contribution in [0.3, 0.4) is 0 Å². The molecule has 8 heteroatoms. The van der Waals surface area contributed by atoms with E-state index in [0.717, 1.165) is 19.6 Å². The Bertz CT molecular complexity index is 972. The summed E-state index contributed by atoms with van der Waals surface area (Å²) < 4.78 is 5.37. The summed E-state index contributed by atoms with van der Waals surface area (Å²) in [5, 5.41) is 11.5. The maximum absolute atomic E-state index is 13.0. The predicted molar refractivity (Wildman–Crippen MR) is 117 cm³/mol. The first-order valence-corrected chi connectivity index (χ1v) is 10.7. The highest BCUT2D eigenvalue weighted by Gasteiger charge is 2.46. The summed E-state index contributed by atoms with van der Waals surface area (Å²) in [5.74, 6) is -1.54. The first-order chi connectivity index (χ1) is 15.1. The highest BCUT2D eigenvalue weighted by molar-refractivity contribution is 6.46. The van der Waals surface area contributed by atoms with E-state index in [0.29, 0.717) is 42.5 Å². The molecule has 2 aliphatic heterocycles. The Kier molecular flexibility index (Phi) is 6.65. The van der Waals surface area contributed by atoms with E-state index in [2.05, 4.69) is 9.88 Å². The number of rotatable bonds is 6. The predicted octanol–water partition coefficient (Wildman–Crippen LogP) is 2.88. The van der Waals surface area contributed by atoms with Crippen molar-refractivity contribution in [2.24, 2.45) is 0 Å². The van der Waals surface area contributed by atoms with Crippen molar-refractivity contribution in [2.75, 3.05) is 39.4 Å². The molecule has 1 aromatic carbocycles. The molecular formula is C23H24ClN3O4. The minimum absolute atomic E-state index is 0.0531. The summed E-state index contributed by atoms with van der Waals surface area (Å²) in [5.41, 5.74) is 1.03. The number of halogens is 1. The van der Waals surface area contributed by atoms with Gasteiger partial charge in [0.05, 0.1) is 24.5 Å². The quantitative estimate of drug-likeness (QED) is 0.421. The largest absolute Gasteiger partial charge is 0.507 e. The molecule has 1 aromatic heterocycles. The Labute approximate surface area is 185 Å². The molecule has 0 spiro atoms. The van der Waals surface area contributed by atoms with Crippen molar-refractivity contribution >= 4 is 29.1 Å². The van der Waals surface area contributed by atoms with E-state index in [1.165, 1.54) is 4.90 Å². The summed E-state index contributed by atoms with van der Waals surface area (Å²) in [6, 6.07) is 11.1. The fourth-order valence-corrected chi connectivity index (χ4v) is 4.13. The van der Waals surface area contributed by atoms with Crippen LogP contribution < -0.4 is 0 Å². The van der Waals surface area contributed by atoms with Crippen LogP contribution in [0.4, 0.5) is 0 Å². The number of pyridine rings is 1. The molecule has 2 aliphatic rings. The summed E-state index contributed by atoms with van der Waals surface area (Å²) in [4.78, 5) is 34.1. The lowest BCUT2D eigenvalue weighted by Crippen LogP contribution is -2.39. The van der Waals surface area contributed by atoms with Crippen LogP contribution in [0.2, 0.25) is 5.02 Å². The number of Topliss-reactive ketones (excluding diaryl/α,β-unsaturated/α-hetero) is 1. The Hall–Kier alpha value is -2.74. The topological polar surface area (TPSA) is 83.0 Å². The summed E-state index contributed by atoms with van der Waals surface area (Å²) in [7, 11) is 0. The van der Waals surface area contributed by atoms with Gasteiger partial charge in [0.15, 0.2) is 0 Å². The molecule has 162 valence electrons. The molecule has 1 N–H and O–H groups in total. The van der Waals surface area contributed by atoms with Crippen LogP contribution in [0.15, 0.2) is 54.2 Å². The zero-order valence-electron chi connectivity index (χ0n) is 17.0. The summed E-state index contributed by atoms with van der Waals surface area (Å²) in [6.45, 7) is 4.33. The highest BCUT2D eigenvalue weighted by atomic mass is 35.5. The Balaban J connectivity index is 1.64. The lowest BCUT2D eigenvalue weighted by Gasteiger charge is -2.28. The Morgan fingerprint density at radius 1 is 1.10 bits per heavy atom. The summed E-state index contributed by atoms with van der Waals surface area (Å²) in [6.07, 6.45) is 2.32. The number of ether oxygens (including phenoxy) is 1. The maximum Gasteiger partial charge on any atom is 0.295 e. The zero-order chi connectivity index (χ0) is 21.8. The number of aliphatic hydroxyl groups excluding tert-OH is 1. The lowest BCUT2D eigenvalue weighted by atomic mass is 9.98. The second kappa shape index (κ2) is 9.60. The third kappa shape index (κ3) is 4.63. The van der Waals surface area contributed by atoms with Gasteiger partial charge in [-0.2, -0.15) is 0 Å². The molecule has 2 aromatic rings. The van der Waals surface area contributed by atoms with E-state index >= 15 is 0 Å². The molecule has 3 heterocycles. The standard InChI is InChI=1S/C23H24ClN3O4/c24-17-7-5-16(6-8-17)21(28)19-20(18-4-1-2-9-25-18)27(23(30)22(19)29)11-3-10-26-12-14-31-15-13-26/h1-2,4-9,20,28H,3,10-15H2/t20-/m1/s1. The van der Waals surface area contributed by atoms with Gasteiger partial charge in [-0.1, -0.05) is 17.7 Å². The van der Waals surface area contributed by atoms with Crippen molar-refractivity contribution < 1.29 is 19.4 Å². The number of likely N-dealkylation sites (tertiary alicyclic amines) is 1. The van der Waals surface area contributed by atoms with E-state index in [4.69, 9.17) is 16.3 Å². The van der Waals surface area contributed by atoms with E-state index < -0.39 is 17.7 Å². The SMILES string of the molecule is O=C1C(=O)N(CCCN2CCOCC2)[C@H](c2ccccn2)C1=C(O)c1ccc(Cl)cc1. The van der Waals surface area contributed by atoms with Crippen molar-refractivity contribution in [1.29, 1.82) is 0 Å². The van der Waals surface area contributed by atoms with Crippen LogP contribution in [0.5, 0.6) is 0 Å². The molecule has 0 radical (unpaired) electrons. The molecule has 4 rings (SSSR count). The monoisotopic (exact) mass is 441 g/mol. The van der Waals surface area contributed by atoms with E-state index in [9.17, 15) is 14.7 Å². The third-order valence-electron chi connectivity index (χ3n) is 5.60. The molecule has 0 aliphatic carbocycles. The number of benzene rings is 1. The minimum atomic E-state index is -0.735. The number of amides is 1. The number of hydrogen-bond donors (Lipinski definition) is 1. The van der Waals surface area contributed by atoms with Crippen LogP contribution in [-0.4, -0.2) is 71.0 Å². The van der Waals surface area contributed by atoms with Gasteiger partial charge < -0.3 is 14.7 Å². The minimum Gasteiger partial charge on any atom is -0.507 e. The van der Waals surface area contributed by atoms with Gasteiger partial charge in [0, 0.05) is 43.0 Å². The van der Waals surface area contributed by atoms with Crippen LogP contribution in [-0.2, 0) is 14.3 Å². The molecule has 2 fully saturated rings. The number of carbonyl (C=O) groups excluding carboxylic acids is 2. The summed E-state index contributed by atoms with van der Waals surface area (Å²) >= 11 is 5.95. The van der Waals surface area contributed by atoms with Crippen molar-refractivity contribution in [1.82, 2.24) is 14.8 Å². The maximum atomic E-state index is 13.0. The third-order valence-corrected chi connectivity index (χ3v) is 5.85. The molecule has 2 saturated heterocycles. The normalized spacial score (nSPS) is 21.6. The molecule has 1 amide bonds. The number of aliphatic hydroxyl groups is 1. The van der Waals surface area contributed by atoms with E-state index in [1.54, 1.807) is 48.7 Å². The molecule has 0 unspecified atom stereocenters. The first kappa shape index (κ1) is 21.5. The molecule has 0 saturated carbocycles. The average Bonchev–Trinajstić information content (AvgIpc) is 3.05. The first-order valence-electron chi connectivity index (χ1n) is 10.3.